The monoisotopic (exact) mass is 326 g/mol. The van der Waals surface area contributed by atoms with E-state index in [1.165, 1.54) is 4.80 Å². The third-order valence-electron chi connectivity index (χ3n) is 4.06. The molecule has 8 heteroatoms. The van der Waals surface area contributed by atoms with E-state index in [9.17, 15) is 4.79 Å². The van der Waals surface area contributed by atoms with E-state index >= 15 is 0 Å². The fraction of sp³-hybridized carbons (Fsp3) is 0.375. The molecular weight excluding hydrogens is 308 g/mol. The normalized spacial score (nSPS) is 18.7. The number of carbonyl (C=O) groups excluding carboxylic acids is 1. The van der Waals surface area contributed by atoms with Gasteiger partial charge in [-0.1, -0.05) is 0 Å². The first kappa shape index (κ1) is 14.7. The maximum absolute atomic E-state index is 11.9. The first-order chi connectivity index (χ1) is 11.7. The lowest BCUT2D eigenvalue weighted by Crippen LogP contribution is -2.28. The molecule has 2 aromatic heterocycles. The number of aromatic amines is 1. The summed E-state index contributed by atoms with van der Waals surface area (Å²) in [6.45, 7) is 3.01. The Balaban J connectivity index is 1.76. The molecule has 1 aromatic carbocycles. The Morgan fingerprint density at radius 3 is 3.21 bits per heavy atom. The number of aryl methyl sites for hydroxylation is 1. The van der Waals surface area contributed by atoms with E-state index in [0.29, 0.717) is 25.2 Å². The lowest BCUT2D eigenvalue weighted by Gasteiger charge is -2.15. The van der Waals surface area contributed by atoms with Crippen LogP contribution < -0.4 is 10.1 Å². The van der Waals surface area contributed by atoms with Gasteiger partial charge in [-0.3, -0.25) is 9.89 Å². The average molecular weight is 326 g/mol. The number of hydrogen-bond acceptors (Lipinski definition) is 5. The minimum absolute atomic E-state index is 0.00216. The van der Waals surface area contributed by atoms with Gasteiger partial charge in [0.25, 0.3) is 0 Å². The Labute approximate surface area is 138 Å². The van der Waals surface area contributed by atoms with Gasteiger partial charge in [0.1, 0.15) is 17.1 Å². The van der Waals surface area contributed by atoms with Crippen molar-refractivity contribution in [3.05, 3.63) is 24.4 Å². The predicted octanol–water partition coefficient (Wildman–Crippen LogP) is 1.50. The molecule has 1 amide bonds. The summed E-state index contributed by atoms with van der Waals surface area (Å²) < 4.78 is 5.96. The van der Waals surface area contributed by atoms with Crippen LogP contribution in [0.25, 0.3) is 22.3 Å². The second kappa shape index (κ2) is 5.95. The van der Waals surface area contributed by atoms with Gasteiger partial charge in [0, 0.05) is 24.8 Å². The highest BCUT2D eigenvalue weighted by molar-refractivity contribution is 5.92. The number of nitrogens with one attached hydrogen (secondary N) is 2. The van der Waals surface area contributed by atoms with Gasteiger partial charge < -0.3 is 10.1 Å². The van der Waals surface area contributed by atoms with Gasteiger partial charge in [-0.05, 0) is 25.1 Å². The SMILES string of the molecule is C[C@@H]1CCNC(=O)CCn2ncc(n2)-c2n[nH]c3ccc(cc23)O1. The topological polar surface area (TPSA) is 97.7 Å². The molecule has 4 rings (SSSR count). The molecule has 0 saturated heterocycles. The number of aromatic nitrogens is 5. The van der Waals surface area contributed by atoms with E-state index in [2.05, 4.69) is 25.7 Å². The van der Waals surface area contributed by atoms with E-state index in [4.69, 9.17) is 4.74 Å². The van der Waals surface area contributed by atoms with Gasteiger partial charge in [0.05, 0.1) is 24.4 Å². The molecule has 0 spiro atoms. The molecule has 0 unspecified atom stereocenters. The molecule has 0 aliphatic carbocycles. The van der Waals surface area contributed by atoms with Crippen LogP contribution in [0.2, 0.25) is 0 Å². The molecule has 4 bridgehead atoms. The maximum atomic E-state index is 11.9. The van der Waals surface area contributed by atoms with Crippen molar-refractivity contribution < 1.29 is 9.53 Å². The molecule has 3 aromatic rings. The maximum Gasteiger partial charge on any atom is 0.221 e. The van der Waals surface area contributed by atoms with Crippen LogP contribution in [-0.4, -0.2) is 43.7 Å². The number of fused-ring (bicyclic) bond motifs is 4. The summed E-state index contributed by atoms with van der Waals surface area (Å²) in [4.78, 5) is 13.4. The molecule has 0 fully saturated rings. The second-order valence-corrected chi connectivity index (χ2v) is 5.92. The van der Waals surface area contributed by atoms with Crippen molar-refractivity contribution in [1.82, 2.24) is 30.5 Å². The average Bonchev–Trinajstić information content (AvgIpc) is 3.18. The van der Waals surface area contributed by atoms with E-state index in [1.54, 1.807) is 6.20 Å². The molecule has 8 nitrogen and oxygen atoms in total. The molecular formula is C16H18N6O2. The van der Waals surface area contributed by atoms with Crippen molar-refractivity contribution in [2.75, 3.05) is 6.54 Å². The highest BCUT2D eigenvalue weighted by Gasteiger charge is 2.15. The number of hydrogen-bond donors (Lipinski definition) is 2. The molecule has 1 aliphatic heterocycles. The van der Waals surface area contributed by atoms with Crippen molar-refractivity contribution in [3.8, 4) is 17.1 Å². The first-order valence-electron chi connectivity index (χ1n) is 8.01. The highest BCUT2D eigenvalue weighted by Crippen LogP contribution is 2.28. The zero-order valence-electron chi connectivity index (χ0n) is 13.3. The Morgan fingerprint density at radius 1 is 1.38 bits per heavy atom. The second-order valence-electron chi connectivity index (χ2n) is 5.92. The lowest BCUT2D eigenvalue weighted by atomic mass is 10.1. The molecule has 1 aliphatic rings. The molecule has 124 valence electrons. The van der Waals surface area contributed by atoms with Crippen LogP contribution in [0.15, 0.2) is 24.4 Å². The largest absolute Gasteiger partial charge is 0.491 e. The van der Waals surface area contributed by atoms with Crippen LogP contribution in [0.5, 0.6) is 5.75 Å². The summed E-state index contributed by atoms with van der Waals surface area (Å²) in [6.07, 6.45) is 2.75. The number of nitrogens with zero attached hydrogens (tertiary/aromatic N) is 4. The molecule has 1 atom stereocenters. The zero-order valence-corrected chi connectivity index (χ0v) is 13.3. The lowest BCUT2D eigenvalue weighted by molar-refractivity contribution is -0.121. The van der Waals surface area contributed by atoms with E-state index in [0.717, 1.165) is 28.8 Å². The molecule has 3 heterocycles. The van der Waals surface area contributed by atoms with Crippen molar-refractivity contribution in [3.63, 3.8) is 0 Å². The fourth-order valence-corrected chi connectivity index (χ4v) is 2.77. The van der Waals surface area contributed by atoms with Crippen LogP contribution in [0.4, 0.5) is 0 Å². The summed E-state index contributed by atoms with van der Waals surface area (Å²) in [6, 6.07) is 5.81. The predicted molar refractivity (Wildman–Crippen MR) is 87.4 cm³/mol. The fourth-order valence-electron chi connectivity index (χ4n) is 2.77. The summed E-state index contributed by atoms with van der Waals surface area (Å²) in [5.41, 5.74) is 2.32. The minimum Gasteiger partial charge on any atom is -0.491 e. The standard InChI is InChI=1S/C16H18N6O2/c1-10-4-6-17-15(23)5-7-22-18-9-14(21-22)16-12-8-11(24-10)2-3-13(12)19-20-16/h2-3,8-10H,4-7H2,1H3,(H,17,23)(H,19,20)/t10-/m1/s1. The van der Waals surface area contributed by atoms with Gasteiger partial charge >= 0.3 is 0 Å². The van der Waals surface area contributed by atoms with Crippen LogP contribution in [0.3, 0.4) is 0 Å². The smallest absolute Gasteiger partial charge is 0.221 e. The first-order valence-corrected chi connectivity index (χ1v) is 8.01. The van der Waals surface area contributed by atoms with Crippen molar-refractivity contribution >= 4 is 16.8 Å². The highest BCUT2D eigenvalue weighted by atomic mass is 16.5. The third kappa shape index (κ3) is 2.82. The summed E-state index contributed by atoms with van der Waals surface area (Å²) in [7, 11) is 0. The number of H-pyrrole nitrogens is 1. The van der Waals surface area contributed by atoms with E-state index in [-0.39, 0.29) is 12.0 Å². The van der Waals surface area contributed by atoms with Crippen molar-refractivity contribution in [2.45, 2.75) is 32.4 Å². The van der Waals surface area contributed by atoms with Crippen LogP contribution in [0, 0.1) is 0 Å². The summed E-state index contributed by atoms with van der Waals surface area (Å²) in [5.74, 6) is 0.755. The molecule has 2 N–H and O–H groups in total. The van der Waals surface area contributed by atoms with E-state index in [1.807, 2.05) is 25.1 Å². The Kier molecular flexibility index (Phi) is 3.64. The van der Waals surface area contributed by atoms with Gasteiger partial charge in [-0.25, -0.2) is 0 Å². The van der Waals surface area contributed by atoms with Crippen LogP contribution >= 0.6 is 0 Å². The van der Waals surface area contributed by atoms with Crippen molar-refractivity contribution in [1.29, 1.82) is 0 Å². The number of amides is 1. The Hall–Kier alpha value is -2.90. The summed E-state index contributed by atoms with van der Waals surface area (Å²) in [5, 5.41) is 19.8. The number of carbonyl (C=O) groups is 1. The van der Waals surface area contributed by atoms with Gasteiger partial charge in [0.15, 0.2) is 0 Å². The third-order valence-corrected chi connectivity index (χ3v) is 4.06. The Bertz CT molecular complexity index is 884. The molecule has 0 saturated carbocycles. The zero-order chi connectivity index (χ0) is 16.5. The van der Waals surface area contributed by atoms with Gasteiger partial charge in [0.2, 0.25) is 5.91 Å². The van der Waals surface area contributed by atoms with E-state index < -0.39 is 0 Å². The number of rotatable bonds is 0. The van der Waals surface area contributed by atoms with Crippen LogP contribution in [0.1, 0.15) is 19.8 Å². The van der Waals surface area contributed by atoms with Gasteiger partial charge in [-0.15, -0.1) is 0 Å². The number of ether oxygens (including phenoxy) is 1. The summed E-state index contributed by atoms with van der Waals surface area (Å²) >= 11 is 0. The minimum atomic E-state index is -0.0151. The van der Waals surface area contributed by atoms with Crippen molar-refractivity contribution in [2.24, 2.45) is 0 Å². The number of benzene rings is 1. The molecule has 24 heavy (non-hydrogen) atoms. The Morgan fingerprint density at radius 2 is 2.29 bits per heavy atom. The quantitative estimate of drug-likeness (QED) is 0.652. The molecule has 0 radical (unpaired) electrons. The van der Waals surface area contributed by atoms with Gasteiger partial charge in [-0.2, -0.15) is 20.1 Å². The van der Waals surface area contributed by atoms with Crippen LogP contribution in [-0.2, 0) is 11.3 Å².